The van der Waals surface area contributed by atoms with E-state index in [2.05, 4.69) is 35.3 Å². The van der Waals surface area contributed by atoms with Crippen molar-refractivity contribution in [2.24, 2.45) is 4.99 Å². The first-order valence-electron chi connectivity index (χ1n) is 12.3. The van der Waals surface area contributed by atoms with Gasteiger partial charge >= 0.3 is 6.03 Å². The van der Waals surface area contributed by atoms with E-state index in [4.69, 9.17) is 0 Å². The molecule has 34 heavy (non-hydrogen) atoms. The molecular weight excluding hydrogens is 444 g/mol. The van der Waals surface area contributed by atoms with Crippen molar-refractivity contribution in [3.8, 4) is 0 Å². The van der Waals surface area contributed by atoms with Gasteiger partial charge in [0.2, 0.25) is 5.91 Å². The van der Waals surface area contributed by atoms with Crippen LogP contribution in [0.2, 0.25) is 24.7 Å². The lowest BCUT2D eigenvalue weighted by atomic mass is 9.83. The van der Waals surface area contributed by atoms with E-state index in [0.29, 0.717) is 25.3 Å². The van der Waals surface area contributed by atoms with E-state index >= 15 is 0 Å². The topological polar surface area (TPSA) is 94.0 Å². The van der Waals surface area contributed by atoms with Crippen molar-refractivity contribution in [2.45, 2.75) is 75.8 Å². The quantitative estimate of drug-likeness (QED) is 0.542. The Labute approximate surface area is 203 Å². The number of rotatable bonds is 6. The molecule has 0 unspecified atom stereocenters. The lowest BCUT2D eigenvalue weighted by molar-refractivity contribution is -0.125. The Morgan fingerprint density at radius 3 is 2.41 bits per heavy atom. The van der Waals surface area contributed by atoms with Crippen molar-refractivity contribution in [3.05, 3.63) is 47.0 Å². The van der Waals surface area contributed by atoms with Crippen LogP contribution in [0.3, 0.4) is 0 Å². The predicted molar refractivity (Wildman–Crippen MR) is 138 cm³/mol. The minimum absolute atomic E-state index is 0.106. The molecule has 1 saturated carbocycles. The number of nitrogens with one attached hydrogen (secondary N) is 2. The summed E-state index contributed by atoms with van der Waals surface area (Å²) in [4.78, 5) is 33.1. The Balaban J connectivity index is 1.44. The van der Waals surface area contributed by atoms with Gasteiger partial charge in [0.15, 0.2) is 0 Å². The van der Waals surface area contributed by atoms with Crippen molar-refractivity contribution in [1.82, 2.24) is 15.5 Å². The Morgan fingerprint density at radius 1 is 1.18 bits per heavy atom. The molecule has 7 nitrogen and oxygen atoms in total. The minimum atomic E-state index is -1.69. The summed E-state index contributed by atoms with van der Waals surface area (Å²) in [5, 5.41) is 15.8. The average Bonchev–Trinajstić information content (AvgIpc) is 3.24. The number of hydrogen-bond acceptors (Lipinski definition) is 4. The van der Waals surface area contributed by atoms with Crippen LogP contribution in [0.5, 0.6) is 0 Å². The number of urea groups is 1. The van der Waals surface area contributed by atoms with Gasteiger partial charge in [-0.15, -0.1) is 0 Å². The predicted octanol–water partition coefficient (Wildman–Crippen LogP) is 3.48. The molecule has 3 amide bonds. The van der Waals surface area contributed by atoms with E-state index in [1.165, 1.54) is 0 Å². The first-order chi connectivity index (χ1) is 16.0. The van der Waals surface area contributed by atoms with E-state index < -0.39 is 13.6 Å². The van der Waals surface area contributed by atoms with Crippen LogP contribution in [-0.4, -0.2) is 67.1 Å². The zero-order chi connectivity index (χ0) is 24.7. The maximum Gasteiger partial charge on any atom is 0.318 e. The smallest absolute Gasteiger partial charge is 0.318 e. The largest absolute Gasteiger partial charge is 0.394 e. The molecule has 1 atom stereocenters. The van der Waals surface area contributed by atoms with Crippen LogP contribution in [0.15, 0.2) is 46.5 Å². The molecule has 0 aromatic heterocycles. The molecule has 1 aromatic rings. The Bertz CT molecular complexity index is 1020. The summed E-state index contributed by atoms with van der Waals surface area (Å²) < 4.78 is 0. The average molecular weight is 483 g/mol. The molecule has 0 bridgehead atoms. The molecule has 0 radical (unpaired) electrons. The fourth-order valence-electron chi connectivity index (χ4n) is 5.57. The van der Waals surface area contributed by atoms with Crippen LogP contribution in [0, 0.1) is 0 Å². The van der Waals surface area contributed by atoms with Crippen molar-refractivity contribution >= 4 is 25.8 Å². The molecular formula is C26H38N4O3Si. The first kappa shape index (κ1) is 24.7. The second-order valence-corrected chi connectivity index (χ2v) is 16.9. The van der Waals surface area contributed by atoms with E-state index in [0.717, 1.165) is 36.0 Å². The number of aliphatic hydroxyl groups excluding tert-OH is 1. The SMILES string of the molecule is CC1(C)C2=C(CN1C(=O)N[C@H](CO)Cc1ccccc1)C(NC(=O)C1([Si](C)(C)C)CCC1)=NC2. The van der Waals surface area contributed by atoms with E-state index in [-0.39, 0.29) is 29.6 Å². The summed E-state index contributed by atoms with van der Waals surface area (Å²) in [6, 6.07) is 9.26. The second kappa shape index (κ2) is 8.96. The van der Waals surface area contributed by atoms with Crippen molar-refractivity contribution < 1.29 is 14.7 Å². The summed E-state index contributed by atoms with van der Waals surface area (Å²) >= 11 is 0. The number of carbonyl (C=O) groups is 2. The Morgan fingerprint density at radius 2 is 1.85 bits per heavy atom. The molecule has 3 N–H and O–H groups in total. The van der Waals surface area contributed by atoms with Crippen LogP contribution in [0.25, 0.3) is 0 Å². The number of hydrogen-bond donors (Lipinski definition) is 3. The minimum Gasteiger partial charge on any atom is -0.394 e. The second-order valence-electron chi connectivity index (χ2n) is 11.4. The number of amides is 3. The summed E-state index contributed by atoms with van der Waals surface area (Å²) in [6.07, 6.45) is 3.58. The number of benzene rings is 1. The maximum absolute atomic E-state index is 13.4. The molecule has 2 heterocycles. The highest BCUT2D eigenvalue weighted by molar-refractivity contribution is 6.82. The van der Waals surface area contributed by atoms with Gasteiger partial charge in [0, 0.05) is 10.6 Å². The van der Waals surface area contributed by atoms with Crippen molar-refractivity contribution in [3.63, 3.8) is 0 Å². The summed E-state index contributed by atoms with van der Waals surface area (Å²) in [5.41, 5.74) is 2.58. The van der Waals surface area contributed by atoms with Gasteiger partial charge in [0.1, 0.15) is 5.84 Å². The normalized spacial score (nSPS) is 21.5. The number of nitrogens with zero attached hydrogens (tertiary/aromatic N) is 2. The fraction of sp³-hybridized carbons (Fsp3) is 0.577. The fourth-order valence-corrected chi connectivity index (χ4v) is 8.17. The van der Waals surface area contributed by atoms with Gasteiger partial charge in [0.25, 0.3) is 0 Å². The molecule has 4 rings (SSSR count). The van der Waals surface area contributed by atoms with Crippen LogP contribution in [-0.2, 0) is 11.2 Å². The van der Waals surface area contributed by atoms with E-state index in [1.54, 1.807) is 4.90 Å². The van der Waals surface area contributed by atoms with Gasteiger partial charge in [-0.25, -0.2) is 4.79 Å². The molecule has 0 spiro atoms. The molecule has 1 fully saturated rings. The van der Waals surface area contributed by atoms with Gasteiger partial charge in [0.05, 0.1) is 39.4 Å². The summed E-state index contributed by atoms with van der Waals surface area (Å²) in [6.45, 7) is 11.6. The zero-order valence-corrected chi connectivity index (χ0v) is 22.1. The Hall–Kier alpha value is -2.45. The number of aliphatic hydroxyl groups is 1. The lowest BCUT2D eigenvalue weighted by Crippen LogP contribution is -2.55. The van der Waals surface area contributed by atoms with Gasteiger partial charge in [-0.1, -0.05) is 56.4 Å². The van der Waals surface area contributed by atoms with Gasteiger partial charge < -0.3 is 20.6 Å². The molecule has 0 saturated heterocycles. The third kappa shape index (κ3) is 4.22. The highest BCUT2D eigenvalue weighted by Crippen LogP contribution is 2.55. The molecule has 3 aliphatic rings. The molecule has 1 aromatic carbocycles. The number of carbonyl (C=O) groups excluding carboxylic acids is 2. The van der Waals surface area contributed by atoms with Crippen LogP contribution >= 0.6 is 0 Å². The lowest BCUT2D eigenvalue weighted by Gasteiger charge is -2.49. The molecule has 8 heteroatoms. The Kier molecular flexibility index (Phi) is 6.50. The van der Waals surface area contributed by atoms with Crippen LogP contribution in [0.4, 0.5) is 4.79 Å². The van der Waals surface area contributed by atoms with Crippen molar-refractivity contribution in [2.75, 3.05) is 19.7 Å². The summed E-state index contributed by atoms with van der Waals surface area (Å²) in [7, 11) is -1.69. The molecule has 2 aliphatic heterocycles. The summed E-state index contributed by atoms with van der Waals surface area (Å²) in [5.74, 6) is 0.741. The van der Waals surface area contributed by atoms with Gasteiger partial charge in [-0.2, -0.15) is 0 Å². The third-order valence-corrected chi connectivity index (χ3v) is 11.8. The molecule has 1 aliphatic carbocycles. The van der Waals surface area contributed by atoms with Crippen LogP contribution < -0.4 is 10.6 Å². The van der Waals surface area contributed by atoms with Gasteiger partial charge in [-0.05, 0) is 44.2 Å². The number of aliphatic imine (C=N–C) groups is 1. The van der Waals surface area contributed by atoms with Gasteiger partial charge in [-0.3, -0.25) is 9.79 Å². The van der Waals surface area contributed by atoms with Crippen molar-refractivity contribution in [1.29, 1.82) is 0 Å². The molecule has 184 valence electrons. The highest BCUT2D eigenvalue weighted by atomic mass is 28.3. The standard InChI is InChI=1S/C26H38N4O3Si/c1-25(2)21-15-27-22(29-23(32)26(12-9-13-26)34(3,4)5)20(21)16-30(25)24(33)28-19(17-31)14-18-10-7-6-8-11-18/h6-8,10-11,19,31H,9,12-17H2,1-5H3,(H,28,33)(H,27,29,32)/t19-/m0/s1. The monoisotopic (exact) mass is 482 g/mol. The number of amidine groups is 1. The first-order valence-corrected chi connectivity index (χ1v) is 15.8. The van der Waals surface area contributed by atoms with E-state index in [9.17, 15) is 14.7 Å². The highest BCUT2D eigenvalue weighted by Gasteiger charge is 2.54. The van der Waals surface area contributed by atoms with Crippen LogP contribution in [0.1, 0.15) is 38.7 Å². The van der Waals surface area contributed by atoms with E-state index in [1.807, 2.05) is 44.2 Å². The third-order valence-electron chi connectivity index (χ3n) is 8.20. The maximum atomic E-state index is 13.4. The zero-order valence-electron chi connectivity index (χ0n) is 21.1.